The fraction of sp³-hybridized carbons (Fsp3) is 0.0667. The van der Waals surface area contributed by atoms with Crippen LogP contribution in [-0.2, 0) is 0 Å². The van der Waals surface area contributed by atoms with E-state index in [4.69, 9.17) is 16.3 Å². The van der Waals surface area contributed by atoms with Gasteiger partial charge in [0.05, 0.1) is 18.0 Å². The van der Waals surface area contributed by atoms with Gasteiger partial charge in [-0.1, -0.05) is 17.7 Å². The molecule has 0 spiro atoms. The molecule has 0 aliphatic carbocycles. The molecule has 0 aliphatic heterocycles. The van der Waals surface area contributed by atoms with Crippen LogP contribution in [0.2, 0.25) is 5.02 Å². The summed E-state index contributed by atoms with van der Waals surface area (Å²) in [4.78, 5) is 15.7. The lowest BCUT2D eigenvalue weighted by atomic mass is 10.2. The highest BCUT2D eigenvalue weighted by molar-refractivity contribution is 6.30. The van der Waals surface area contributed by atoms with E-state index in [1.165, 1.54) is 6.33 Å². The van der Waals surface area contributed by atoms with E-state index in [1.807, 2.05) is 22.8 Å². The molecule has 100 valence electrons. The minimum absolute atomic E-state index is 0.263. The minimum Gasteiger partial charge on any atom is -0.497 e. The van der Waals surface area contributed by atoms with Crippen molar-refractivity contribution in [1.82, 2.24) is 9.55 Å². The average Bonchev–Trinajstić information content (AvgIpc) is 2.47. The summed E-state index contributed by atoms with van der Waals surface area (Å²) in [5.74, 6) is 0.680. The van der Waals surface area contributed by atoms with Crippen LogP contribution in [-0.4, -0.2) is 16.7 Å². The Morgan fingerprint density at radius 1 is 1.20 bits per heavy atom. The lowest BCUT2D eigenvalue weighted by Crippen LogP contribution is -2.11. The molecule has 4 nitrogen and oxygen atoms in total. The molecule has 5 heteroatoms. The topological polar surface area (TPSA) is 44.1 Å². The normalized spacial score (nSPS) is 10.7. The van der Waals surface area contributed by atoms with E-state index in [-0.39, 0.29) is 5.56 Å². The van der Waals surface area contributed by atoms with Gasteiger partial charge in [0.1, 0.15) is 12.1 Å². The molecule has 0 bridgehead atoms. The number of halogens is 1. The molecule has 0 radical (unpaired) electrons. The van der Waals surface area contributed by atoms with E-state index in [0.29, 0.717) is 16.2 Å². The van der Waals surface area contributed by atoms with Crippen molar-refractivity contribution in [2.24, 2.45) is 0 Å². The second-order valence-electron chi connectivity index (χ2n) is 4.28. The maximum absolute atomic E-state index is 11.8. The second-order valence-corrected chi connectivity index (χ2v) is 4.72. The zero-order chi connectivity index (χ0) is 14.1. The van der Waals surface area contributed by atoms with Crippen molar-refractivity contribution in [3.05, 3.63) is 64.2 Å². The van der Waals surface area contributed by atoms with Gasteiger partial charge in [0.25, 0.3) is 5.56 Å². The Morgan fingerprint density at radius 3 is 2.80 bits per heavy atom. The van der Waals surface area contributed by atoms with Gasteiger partial charge in [0.15, 0.2) is 0 Å². The molecule has 0 N–H and O–H groups in total. The highest BCUT2D eigenvalue weighted by Crippen LogP contribution is 2.22. The van der Waals surface area contributed by atoms with Gasteiger partial charge in [-0.05, 0) is 30.3 Å². The first-order valence-electron chi connectivity index (χ1n) is 6.00. The van der Waals surface area contributed by atoms with Crippen LogP contribution in [0, 0.1) is 0 Å². The number of aromatic nitrogens is 2. The molecule has 3 aromatic rings. The lowest BCUT2D eigenvalue weighted by molar-refractivity contribution is 0.415. The maximum atomic E-state index is 11.8. The van der Waals surface area contributed by atoms with Gasteiger partial charge in [0, 0.05) is 16.8 Å². The third-order valence-corrected chi connectivity index (χ3v) is 3.31. The van der Waals surface area contributed by atoms with Crippen LogP contribution in [0.5, 0.6) is 5.75 Å². The van der Waals surface area contributed by atoms with Gasteiger partial charge in [-0.3, -0.25) is 9.36 Å². The van der Waals surface area contributed by atoms with E-state index in [0.717, 1.165) is 11.2 Å². The Kier molecular flexibility index (Phi) is 3.16. The van der Waals surface area contributed by atoms with Gasteiger partial charge in [-0.25, -0.2) is 0 Å². The van der Waals surface area contributed by atoms with E-state index in [2.05, 4.69) is 4.98 Å². The summed E-state index contributed by atoms with van der Waals surface area (Å²) < 4.78 is 7.03. The summed E-state index contributed by atoms with van der Waals surface area (Å²) in [6, 6.07) is 12.6. The molecule has 0 aliphatic rings. The van der Waals surface area contributed by atoms with Crippen molar-refractivity contribution in [1.29, 1.82) is 0 Å². The van der Waals surface area contributed by atoms with Gasteiger partial charge in [-0.2, -0.15) is 4.98 Å². The third-order valence-electron chi connectivity index (χ3n) is 3.07. The zero-order valence-electron chi connectivity index (χ0n) is 10.7. The number of benzene rings is 2. The Morgan fingerprint density at radius 2 is 2.05 bits per heavy atom. The first-order valence-corrected chi connectivity index (χ1v) is 6.38. The Labute approximate surface area is 120 Å². The average molecular weight is 287 g/mol. The lowest BCUT2D eigenvalue weighted by Gasteiger charge is -2.11. The molecule has 2 aromatic carbocycles. The Balaban J connectivity index is 2.35. The van der Waals surface area contributed by atoms with Gasteiger partial charge < -0.3 is 4.74 Å². The number of methoxy groups -OCH3 is 1. The molecular weight excluding hydrogens is 276 g/mol. The highest BCUT2D eigenvalue weighted by atomic mass is 35.5. The van der Waals surface area contributed by atoms with Crippen LogP contribution in [0.25, 0.3) is 16.6 Å². The standard InChI is InChI=1S/C15H11ClN2O2/c1-20-12-5-6-13-14(8-12)18(9-17-15(13)19)11-4-2-3-10(16)7-11/h2-9H,1H3. The summed E-state index contributed by atoms with van der Waals surface area (Å²) >= 11 is 6.02. The minimum atomic E-state index is -0.263. The summed E-state index contributed by atoms with van der Waals surface area (Å²) in [6.45, 7) is 0. The fourth-order valence-corrected chi connectivity index (χ4v) is 2.28. The van der Waals surface area contributed by atoms with E-state index in [9.17, 15) is 4.79 Å². The van der Waals surface area contributed by atoms with Gasteiger partial charge >= 0.3 is 0 Å². The molecule has 0 amide bonds. The fourth-order valence-electron chi connectivity index (χ4n) is 2.09. The molecule has 3 rings (SSSR count). The predicted octanol–water partition coefficient (Wildman–Crippen LogP) is 3.05. The Hall–Kier alpha value is -2.33. The number of fused-ring (bicyclic) bond motifs is 1. The number of hydrogen-bond acceptors (Lipinski definition) is 3. The molecular formula is C15H11ClN2O2. The smallest absolute Gasteiger partial charge is 0.280 e. The van der Waals surface area contributed by atoms with Crippen molar-refractivity contribution in [3.8, 4) is 11.4 Å². The van der Waals surface area contributed by atoms with Crippen LogP contribution < -0.4 is 10.3 Å². The largest absolute Gasteiger partial charge is 0.497 e. The van der Waals surface area contributed by atoms with Crippen molar-refractivity contribution in [2.45, 2.75) is 0 Å². The predicted molar refractivity (Wildman–Crippen MR) is 78.9 cm³/mol. The van der Waals surface area contributed by atoms with Crippen LogP contribution in [0.3, 0.4) is 0 Å². The summed E-state index contributed by atoms with van der Waals surface area (Å²) in [6.07, 6.45) is 1.50. The molecule has 20 heavy (non-hydrogen) atoms. The summed E-state index contributed by atoms with van der Waals surface area (Å²) in [7, 11) is 1.59. The van der Waals surface area contributed by atoms with E-state index in [1.54, 1.807) is 31.4 Å². The van der Waals surface area contributed by atoms with E-state index >= 15 is 0 Å². The maximum Gasteiger partial charge on any atom is 0.280 e. The van der Waals surface area contributed by atoms with Crippen LogP contribution >= 0.6 is 11.6 Å². The zero-order valence-corrected chi connectivity index (χ0v) is 11.5. The quantitative estimate of drug-likeness (QED) is 0.727. The van der Waals surface area contributed by atoms with Crippen molar-refractivity contribution in [2.75, 3.05) is 7.11 Å². The molecule has 1 heterocycles. The van der Waals surface area contributed by atoms with E-state index < -0.39 is 0 Å². The summed E-state index contributed by atoms with van der Waals surface area (Å²) in [5.41, 5.74) is 1.30. The number of rotatable bonds is 2. The summed E-state index contributed by atoms with van der Waals surface area (Å²) in [5, 5.41) is 1.16. The first-order chi connectivity index (χ1) is 9.69. The molecule has 0 saturated carbocycles. The molecule has 0 atom stereocenters. The van der Waals surface area contributed by atoms with Gasteiger partial charge in [0.2, 0.25) is 0 Å². The molecule has 0 saturated heterocycles. The second kappa shape index (κ2) is 4.98. The molecule has 0 fully saturated rings. The number of ether oxygens (including phenoxy) is 1. The third kappa shape index (κ3) is 2.14. The van der Waals surface area contributed by atoms with Crippen molar-refractivity contribution >= 4 is 22.5 Å². The van der Waals surface area contributed by atoms with Crippen molar-refractivity contribution in [3.63, 3.8) is 0 Å². The molecule has 1 aromatic heterocycles. The van der Waals surface area contributed by atoms with Gasteiger partial charge in [-0.15, -0.1) is 0 Å². The number of hydrogen-bond donors (Lipinski definition) is 0. The SMILES string of the molecule is COc1ccc2c(=O)ncn(-c3cccc(Cl)c3)c2c1. The highest BCUT2D eigenvalue weighted by Gasteiger charge is 2.07. The molecule has 0 unspecified atom stereocenters. The first kappa shape index (κ1) is 12.7. The Bertz CT molecular complexity index is 843. The van der Waals surface area contributed by atoms with Crippen LogP contribution in [0.1, 0.15) is 0 Å². The van der Waals surface area contributed by atoms with Crippen molar-refractivity contribution < 1.29 is 4.74 Å². The van der Waals surface area contributed by atoms with Crippen LogP contribution in [0.15, 0.2) is 53.6 Å². The van der Waals surface area contributed by atoms with Crippen LogP contribution in [0.4, 0.5) is 0 Å². The monoisotopic (exact) mass is 286 g/mol. The number of nitrogens with zero attached hydrogens (tertiary/aromatic N) is 2.